The highest BCUT2D eigenvalue weighted by atomic mass is 16.5. The van der Waals surface area contributed by atoms with Crippen molar-refractivity contribution in [2.75, 3.05) is 33.3 Å². The maximum atomic E-state index is 6.43. The van der Waals surface area contributed by atoms with Crippen LogP contribution in [0.5, 0.6) is 5.75 Å². The molecule has 1 aromatic carbocycles. The van der Waals surface area contributed by atoms with Crippen molar-refractivity contribution < 1.29 is 4.74 Å². The first-order valence-electron chi connectivity index (χ1n) is 6.98. The van der Waals surface area contributed by atoms with Crippen molar-refractivity contribution in [1.29, 1.82) is 0 Å². The molecule has 2 rings (SSSR count). The number of nitrogens with one attached hydrogen (secondary N) is 1. The molecule has 1 aromatic rings. The normalized spacial score (nSPS) is 20.0. The summed E-state index contributed by atoms with van der Waals surface area (Å²) in [6.07, 6.45) is 0. The third kappa shape index (κ3) is 3.26. The Labute approximate surface area is 115 Å². The summed E-state index contributed by atoms with van der Waals surface area (Å²) in [5.41, 5.74) is 8.75. The van der Waals surface area contributed by atoms with Crippen LogP contribution < -0.4 is 15.8 Å². The van der Waals surface area contributed by atoms with Crippen LogP contribution in [0.15, 0.2) is 18.2 Å². The van der Waals surface area contributed by atoms with Crippen molar-refractivity contribution in [2.24, 2.45) is 5.73 Å². The summed E-state index contributed by atoms with van der Waals surface area (Å²) in [5.74, 6) is 0.922. The van der Waals surface area contributed by atoms with Crippen LogP contribution in [0.4, 0.5) is 0 Å². The number of nitrogens with two attached hydrogens (primary N) is 1. The number of rotatable bonds is 4. The summed E-state index contributed by atoms with van der Waals surface area (Å²) >= 11 is 0. The number of piperazine rings is 1. The van der Waals surface area contributed by atoms with E-state index in [2.05, 4.69) is 36.2 Å². The fraction of sp³-hybridized carbons (Fsp3) is 0.600. The van der Waals surface area contributed by atoms with Gasteiger partial charge in [0.25, 0.3) is 0 Å². The largest absolute Gasteiger partial charge is 0.496 e. The Morgan fingerprint density at radius 3 is 2.58 bits per heavy atom. The lowest BCUT2D eigenvalue weighted by atomic mass is 9.98. The maximum absolute atomic E-state index is 6.43. The number of hydrogen-bond donors (Lipinski definition) is 2. The lowest BCUT2D eigenvalue weighted by molar-refractivity contribution is 0.163. The monoisotopic (exact) mass is 263 g/mol. The SMILES string of the molecule is COc1ccc(C(N)C(C)N2CCNCC2)cc1C. The van der Waals surface area contributed by atoms with Gasteiger partial charge < -0.3 is 15.8 Å². The van der Waals surface area contributed by atoms with Gasteiger partial charge in [-0.2, -0.15) is 0 Å². The van der Waals surface area contributed by atoms with Gasteiger partial charge in [0.1, 0.15) is 5.75 Å². The quantitative estimate of drug-likeness (QED) is 0.859. The van der Waals surface area contributed by atoms with Gasteiger partial charge in [0, 0.05) is 38.3 Å². The molecule has 1 saturated heterocycles. The van der Waals surface area contributed by atoms with Crippen molar-refractivity contribution in [2.45, 2.75) is 25.9 Å². The van der Waals surface area contributed by atoms with E-state index in [1.807, 2.05) is 6.07 Å². The minimum Gasteiger partial charge on any atom is -0.496 e. The van der Waals surface area contributed by atoms with Crippen LogP contribution >= 0.6 is 0 Å². The van der Waals surface area contributed by atoms with E-state index in [0.29, 0.717) is 6.04 Å². The van der Waals surface area contributed by atoms with Crippen molar-refractivity contribution in [3.8, 4) is 5.75 Å². The Kier molecular flexibility index (Phi) is 4.80. The predicted molar refractivity (Wildman–Crippen MR) is 78.6 cm³/mol. The van der Waals surface area contributed by atoms with E-state index in [4.69, 9.17) is 10.5 Å². The molecule has 106 valence electrons. The van der Waals surface area contributed by atoms with Gasteiger partial charge in [-0.15, -0.1) is 0 Å². The number of nitrogens with zero attached hydrogens (tertiary/aromatic N) is 1. The molecule has 1 aliphatic heterocycles. The molecule has 0 aromatic heterocycles. The lowest BCUT2D eigenvalue weighted by Gasteiger charge is -2.36. The summed E-state index contributed by atoms with van der Waals surface area (Å²) in [5, 5.41) is 3.37. The van der Waals surface area contributed by atoms with E-state index in [9.17, 15) is 0 Å². The average Bonchev–Trinajstić information content (AvgIpc) is 2.46. The fourth-order valence-electron chi connectivity index (χ4n) is 2.70. The first-order valence-corrected chi connectivity index (χ1v) is 6.98. The molecule has 2 atom stereocenters. The Balaban J connectivity index is 2.09. The predicted octanol–water partition coefficient (Wildman–Crippen LogP) is 1.30. The highest BCUT2D eigenvalue weighted by Crippen LogP contribution is 2.24. The molecule has 0 bridgehead atoms. The first kappa shape index (κ1) is 14.3. The molecule has 0 radical (unpaired) electrons. The van der Waals surface area contributed by atoms with Crippen LogP contribution in [-0.4, -0.2) is 44.2 Å². The average molecular weight is 263 g/mol. The molecule has 19 heavy (non-hydrogen) atoms. The van der Waals surface area contributed by atoms with Gasteiger partial charge in [-0.25, -0.2) is 0 Å². The smallest absolute Gasteiger partial charge is 0.121 e. The Morgan fingerprint density at radius 1 is 1.32 bits per heavy atom. The third-order valence-electron chi connectivity index (χ3n) is 4.05. The summed E-state index contributed by atoms with van der Waals surface area (Å²) < 4.78 is 5.30. The summed E-state index contributed by atoms with van der Waals surface area (Å²) in [6.45, 7) is 8.53. The second-order valence-electron chi connectivity index (χ2n) is 5.28. The summed E-state index contributed by atoms with van der Waals surface area (Å²) in [6, 6.07) is 6.63. The molecule has 1 aliphatic rings. The lowest BCUT2D eigenvalue weighted by Crippen LogP contribution is -2.50. The molecule has 2 unspecified atom stereocenters. The molecule has 1 heterocycles. The van der Waals surface area contributed by atoms with Crippen LogP contribution in [0.3, 0.4) is 0 Å². The number of aryl methyl sites for hydroxylation is 1. The molecule has 0 spiro atoms. The van der Waals surface area contributed by atoms with Gasteiger partial charge in [0.05, 0.1) is 7.11 Å². The molecule has 4 nitrogen and oxygen atoms in total. The first-order chi connectivity index (χ1) is 9.13. The highest BCUT2D eigenvalue weighted by molar-refractivity contribution is 5.37. The van der Waals surface area contributed by atoms with Crippen LogP contribution in [0.2, 0.25) is 0 Å². The molecule has 0 saturated carbocycles. The molecule has 0 amide bonds. The second kappa shape index (κ2) is 6.37. The van der Waals surface area contributed by atoms with Gasteiger partial charge in [-0.1, -0.05) is 12.1 Å². The van der Waals surface area contributed by atoms with E-state index in [-0.39, 0.29) is 6.04 Å². The van der Waals surface area contributed by atoms with E-state index >= 15 is 0 Å². The van der Waals surface area contributed by atoms with Gasteiger partial charge in [0.15, 0.2) is 0 Å². The number of methoxy groups -OCH3 is 1. The zero-order valence-electron chi connectivity index (χ0n) is 12.1. The topological polar surface area (TPSA) is 50.5 Å². The van der Waals surface area contributed by atoms with E-state index in [1.165, 1.54) is 5.56 Å². The van der Waals surface area contributed by atoms with Crippen LogP contribution in [-0.2, 0) is 0 Å². The minimum atomic E-state index is 0.0442. The molecule has 4 heteroatoms. The molecule has 1 fully saturated rings. The van der Waals surface area contributed by atoms with E-state index in [0.717, 1.165) is 37.5 Å². The summed E-state index contributed by atoms with van der Waals surface area (Å²) in [4.78, 5) is 2.46. The zero-order chi connectivity index (χ0) is 13.8. The minimum absolute atomic E-state index is 0.0442. The molecule has 0 aliphatic carbocycles. The van der Waals surface area contributed by atoms with Crippen molar-refractivity contribution in [1.82, 2.24) is 10.2 Å². The van der Waals surface area contributed by atoms with Gasteiger partial charge >= 0.3 is 0 Å². The van der Waals surface area contributed by atoms with Gasteiger partial charge in [-0.05, 0) is 31.0 Å². The molecular weight excluding hydrogens is 238 g/mol. The summed E-state index contributed by atoms with van der Waals surface area (Å²) in [7, 11) is 1.70. The van der Waals surface area contributed by atoms with Crippen LogP contribution in [0.1, 0.15) is 24.1 Å². The maximum Gasteiger partial charge on any atom is 0.121 e. The Hall–Kier alpha value is -1.10. The molecular formula is C15H25N3O. The van der Waals surface area contributed by atoms with E-state index in [1.54, 1.807) is 7.11 Å². The number of benzene rings is 1. The number of ether oxygens (including phenoxy) is 1. The van der Waals surface area contributed by atoms with Crippen molar-refractivity contribution in [3.63, 3.8) is 0 Å². The standard InChI is InChI=1S/C15H25N3O/c1-11-10-13(4-5-14(11)19-3)15(16)12(2)18-8-6-17-7-9-18/h4-5,10,12,15,17H,6-9,16H2,1-3H3. The third-order valence-corrected chi connectivity index (χ3v) is 4.05. The highest BCUT2D eigenvalue weighted by Gasteiger charge is 2.23. The fourth-order valence-corrected chi connectivity index (χ4v) is 2.70. The Morgan fingerprint density at radius 2 is 2.00 bits per heavy atom. The Bertz CT molecular complexity index is 416. The zero-order valence-corrected chi connectivity index (χ0v) is 12.1. The van der Waals surface area contributed by atoms with Gasteiger partial charge in [0.2, 0.25) is 0 Å². The molecule has 3 N–H and O–H groups in total. The number of hydrogen-bond acceptors (Lipinski definition) is 4. The second-order valence-corrected chi connectivity index (χ2v) is 5.28. The van der Waals surface area contributed by atoms with Gasteiger partial charge in [-0.3, -0.25) is 4.90 Å². The van der Waals surface area contributed by atoms with Crippen molar-refractivity contribution >= 4 is 0 Å². The van der Waals surface area contributed by atoms with E-state index < -0.39 is 0 Å². The van der Waals surface area contributed by atoms with Crippen LogP contribution in [0.25, 0.3) is 0 Å². The van der Waals surface area contributed by atoms with Crippen molar-refractivity contribution in [3.05, 3.63) is 29.3 Å². The van der Waals surface area contributed by atoms with Crippen LogP contribution in [0, 0.1) is 6.92 Å².